The average Bonchev–Trinajstić information content (AvgIpc) is 2.78. The fraction of sp³-hybridized carbons (Fsp3) is 0.321. The van der Waals surface area contributed by atoms with Crippen molar-refractivity contribution in [3.05, 3.63) is 60.7 Å². The van der Waals surface area contributed by atoms with Crippen molar-refractivity contribution in [2.24, 2.45) is 0 Å². The van der Waals surface area contributed by atoms with E-state index in [-0.39, 0.29) is 5.75 Å². The van der Waals surface area contributed by atoms with E-state index in [9.17, 15) is 5.11 Å². The molecule has 0 saturated heterocycles. The normalized spacial score (nSPS) is 12.0. The Balaban J connectivity index is 1.92. The first-order valence-electron chi connectivity index (χ1n) is 11.6. The van der Waals surface area contributed by atoms with E-state index >= 15 is 0 Å². The summed E-state index contributed by atoms with van der Waals surface area (Å²) in [6.45, 7) is 14.0. The van der Waals surface area contributed by atoms with E-state index in [4.69, 9.17) is 0 Å². The van der Waals surface area contributed by atoms with Crippen LogP contribution in [0.3, 0.4) is 0 Å². The van der Waals surface area contributed by atoms with Crippen molar-refractivity contribution in [2.75, 3.05) is 0 Å². The average molecular weight is 454 g/mol. The van der Waals surface area contributed by atoms with Gasteiger partial charge in [-0.1, -0.05) is 59.6 Å². The summed E-state index contributed by atoms with van der Waals surface area (Å²) in [5, 5.41) is 13.6. The molecule has 5 heteroatoms. The molecule has 0 fully saturated rings. The third kappa shape index (κ3) is 4.00. The van der Waals surface area contributed by atoms with Crippen LogP contribution in [-0.4, -0.2) is 28.1 Å². The highest BCUT2D eigenvalue weighted by Crippen LogP contribution is 2.41. The van der Waals surface area contributed by atoms with Gasteiger partial charge >= 0.3 is 0 Å². The molecule has 4 nitrogen and oxygen atoms in total. The number of aromatic hydroxyl groups is 1. The molecule has 0 unspecified atom stereocenters. The van der Waals surface area contributed by atoms with Crippen molar-refractivity contribution in [3.63, 3.8) is 0 Å². The maximum atomic E-state index is 10.8. The Hall–Kier alpha value is -3.23. The maximum Gasteiger partial charge on any atom is 0.146 e. The first-order chi connectivity index (χ1) is 15.8. The quantitative estimate of drug-likeness (QED) is 0.264. The van der Waals surface area contributed by atoms with E-state index in [1.54, 1.807) is 18.5 Å². The molecule has 0 aliphatic rings. The molecule has 0 spiro atoms. The SMILES string of the molecule is CC(C)[Si](C#Cc1cccc2c(-c3cc4ncncc4cn3)c(O)ccc12)(C(C)C)C(C)C. The summed E-state index contributed by atoms with van der Waals surface area (Å²) in [7, 11) is -1.85. The van der Waals surface area contributed by atoms with Crippen LogP contribution in [0.15, 0.2) is 55.1 Å². The molecular weight excluding hydrogens is 422 g/mol. The molecule has 4 rings (SSSR count). The van der Waals surface area contributed by atoms with Crippen molar-refractivity contribution < 1.29 is 5.11 Å². The first-order valence-corrected chi connectivity index (χ1v) is 13.8. The van der Waals surface area contributed by atoms with Crippen molar-refractivity contribution in [3.8, 4) is 28.5 Å². The zero-order chi connectivity index (χ0) is 23.8. The maximum absolute atomic E-state index is 10.8. The van der Waals surface area contributed by atoms with Crippen LogP contribution in [0.5, 0.6) is 5.75 Å². The highest BCUT2D eigenvalue weighted by Gasteiger charge is 2.41. The third-order valence-electron chi connectivity index (χ3n) is 6.96. The van der Waals surface area contributed by atoms with Gasteiger partial charge < -0.3 is 5.11 Å². The molecule has 33 heavy (non-hydrogen) atoms. The van der Waals surface area contributed by atoms with Crippen molar-refractivity contribution in [1.29, 1.82) is 0 Å². The summed E-state index contributed by atoms with van der Waals surface area (Å²) < 4.78 is 0. The molecule has 0 aliphatic carbocycles. The molecule has 0 aliphatic heterocycles. The Morgan fingerprint density at radius 3 is 2.27 bits per heavy atom. The van der Waals surface area contributed by atoms with Gasteiger partial charge in [-0.2, -0.15) is 0 Å². The lowest BCUT2D eigenvalue weighted by Gasteiger charge is -2.38. The van der Waals surface area contributed by atoms with Gasteiger partial charge in [-0.25, -0.2) is 9.97 Å². The van der Waals surface area contributed by atoms with E-state index in [0.717, 1.165) is 27.2 Å². The Labute approximate surface area is 197 Å². The molecule has 0 radical (unpaired) electrons. The smallest absolute Gasteiger partial charge is 0.146 e. The second kappa shape index (κ2) is 8.96. The highest BCUT2D eigenvalue weighted by molar-refractivity contribution is 6.90. The Morgan fingerprint density at radius 2 is 1.58 bits per heavy atom. The third-order valence-corrected chi connectivity index (χ3v) is 13.3. The fourth-order valence-electron chi connectivity index (χ4n) is 5.35. The minimum atomic E-state index is -1.85. The van der Waals surface area contributed by atoms with E-state index in [1.165, 1.54) is 6.33 Å². The number of aromatic nitrogens is 3. The number of phenols is 1. The molecule has 2 heterocycles. The minimum Gasteiger partial charge on any atom is -0.507 e. The van der Waals surface area contributed by atoms with Gasteiger partial charge in [-0.15, -0.1) is 5.54 Å². The number of nitrogens with zero attached hydrogens (tertiary/aromatic N) is 3. The van der Waals surface area contributed by atoms with Gasteiger partial charge in [0.2, 0.25) is 0 Å². The van der Waals surface area contributed by atoms with Gasteiger partial charge in [0, 0.05) is 28.9 Å². The standard InChI is InChI=1S/C28H31N3OSi/c1-18(2)33(19(3)4,20(5)6)13-12-21-8-7-9-24-23(21)10-11-27(32)28(24)26-14-25-22(16-30-26)15-29-17-31-25/h7-11,14-20,32H,1-6H3. The zero-order valence-corrected chi connectivity index (χ0v) is 21.2. The van der Waals surface area contributed by atoms with Gasteiger partial charge in [0.05, 0.1) is 11.2 Å². The van der Waals surface area contributed by atoms with Gasteiger partial charge in [-0.05, 0) is 51.7 Å². The molecule has 0 amide bonds. The molecule has 2 aromatic carbocycles. The molecule has 168 valence electrons. The van der Waals surface area contributed by atoms with Crippen LogP contribution in [0.4, 0.5) is 0 Å². The van der Waals surface area contributed by atoms with Crippen LogP contribution in [0.1, 0.15) is 47.1 Å². The molecule has 4 aromatic rings. The number of pyridine rings is 1. The second-order valence-corrected chi connectivity index (χ2v) is 15.2. The molecule has 0 atom stereocenters. The highest BCUT2D eigenvalue weighted by atomic mass is 28.3. The largest absolute Gasteiger partial charge is 0.507 e. The van der Waals surface area contributed by atoms with E-state index in [2.05, 4.69) is 74.0 Å². The van der Waals surface area contributed by atoms with E-state index in [0.29, 0.717) is 27.9 Å². The van der Waals surface area contributed by atoms with Crippen LogP contribution >= 0.6 is 0 Å². The summed E-state index contributed by atoms with van der Waals surface area (Å²) in [6.07, 6.45) is 5.02. The molecule has 0 bridgehead atoms. The molecule has 1 N–H and O–H groups in total. The fourth-order valence-corrected chi connectivity index (χ4v) is 10.6. The van der Waals surface area contributed by atoms with Crippen molar-refractivity contribution in [1.82, 2.24) is 15.0 Å². The lowest BCUT2D eigenvalue weighted by atomic mass is 9.97. The molecule has 0 saturated carbocycles. The predicted octanol–water partition coefficient (Wildman–Crippen LogP) is 7.12. The lowest BCUT2D eigenvalue weighted by Crippen LogP contribution is -2.43. The number of hydrogen-bond acceptors (Lipinski definition) is 4. The van der Waals surface area contributed by atoms with Crippen LogP contribution in [-0.2, 0) is 0 Å². The summed E-state index contributed by atoms with van der Waals surface area (Å²) in [6, 6.07) is 11.7. The van der Waals surface area contributed by atoms with Gasteiger partial charge in [0.15, 0.2) is 0 Å². The van der Waals surface area contributed by atoms with Crippen LogP contribution < -0.4 is 0 Å². The second-order valence-electron chi connectivity index (χ2n) is 9.66. The number of benzene rings is 2. The number of rotatable bonds is 4. The Kier molecular flexibility index (Phi) is 6.23. The number of fused-ring (bicyclic) bond motifs is 2. The number of phenolic OH excluding ortho intramolecular Hbond substituents is 1. The lowest BCUT2D eigenvalue weighted by molar-refractivity contribution is 0.478. The minimum absolute atomic E-state index is 0.198. The van der Waals surface area contributed by atoms with Crippen LogP contribution in [0, 0.1) is 11.5 Å². The summed E-state index contributed by atoms with van der Waals surface area (Å²) in [4.78, 5) is 13.0. The zero-order valence-electron chi connectivity index (χ0n) is 20.2. The summed E-state index contributed by atoms with van der Waals surface area (Å²) in [5.74, 6) is 3.79. The molecule has 2 aromatic heterocycles. The summed E-state index contributed by atoms with van der Waals surface area (Å²) in [5.41, 5.74) is 8.73. The Morgan fingerprint density at radius 1 is 0.848 bits per heavy atom. The summed E-state index contributed by atoms with van der Waals surface area (Å²) >= 11 is 0. The van der Waals surface area contributed by atoms with E-state index in [1.807, 2.05) is 24.3 Å². The van der Waals surface area contributed by atoms with Gasteiger partial charge in [0.1, 0.15) is 20.2 Å². The van der Waals surface area contributed by atoms with E-state index < -0.39 is 8.07 Å². The van der Waals surface area contributed by atoms with Crippen molar-refractivity contribution in [2.45, 2.75) is 58.2 Å². The Bertz CT molecular complexity index is 1360. The predicted molar refractivity (Wildman–Crippen MR) is 140 cm³/mol. The van der Waals surface area contributed by atoms with Gasteiger partial charge in [-0.3, -0.25) is 4.98 Å². The molecular formula is C28H31N3OSi. The van der Waals surface area contributed by atoms with Crippen molar-refractivity contribution >= 4 is 29.7 Å². The first kappa shape index (κ1) is 22.9. The topological polar surface area (TPSA) is 58.9 Å². The van der Waals surface area contributed by atoms with Gasteiger partial charge in [0.25, 0.3) is 0 Å². The van der Waals surface area contributed by atoms with Crippen LogP contribution in [0.2, 0.25) is 16.6 Å². The van der Waals surface area contributed by atoms with Crippen LogP contribution in [0.25, 0.3) is 32.9 Å². The number of hydrogen-bond donors (Lipinski definition) is 1. The monoisotopic (exact) mass is 453 g/mol.